The van der Waals surface area contributed by atoms with Gasteiger partial charge in [-0.1, -0.05) is 13.0 Å². The Morgan fingerprint density at radius 3 is 3.12 bits per heavy atom. The van der Waals surface area contributed by atoms with Crippen LogP contribution in [0, 0.1) is 0 Å². The van der Waals surface area contributed by atoms with Gasteiger partial charge >= 0.3 is 0 Å². The lowest BCUT2D eigenvalue weighted by atomic mass is 10.1. The number of nitrogens with one attached hydrogen (secondary N) is 1. The molecule has 2 rings (SSSR count). The van der Waals surface area contributed by atoms with Gasteiger partial charge < -0.3 is 15.0 Å². The molecule has 0 atom stereocenters. The predicted octanol–water partition coefficient (Wildman–Crippen LogP) is 1.97. The Bertz CT molecular complexity index is 418. The fourth-order valence-corrected chi connectivity index (χ4v) is 1.98. The average molecular weight is 234 g/mol. The van der Waals surface area contributed by atoms with E-state index < -0.39 is 0 Å². The Hall–Kier alpha value is -1.71. The van der Waals surface area contributed by atoms with Crippen LogP contribution in [0.2, 0.25) is 0 Å². The van der Waals surface area contributed by atoms with Crippen molar-refractivity contribution in [3.8, 4) is 5.75 Å². The van der Waals surface area contributed by atoms with Crippen LogP contribution in [0.3, 0.4) is 0 Å². The van der Waals surface area contributed by atoms with Crippen molar-refractivity contribution in [1.29, 1.82) is 0 Å². The number of benzene rings is 1. The molecule has 1 heterocycles. The number of para-hydroxylation sites is 1. The number of ether oxygens (including phenoxy) is 1. The first-order valence-corrected chi connectivity index (χ1v) is 5.99. The minimum absolute atomic E-state index is 0.0207. The molecule has 0 saturated heterocycles. The summed E-state index contributed by atoms with van der Waals surface area (Å²) in [7, 11) is 1.82. The fourth-order valence-electron chi connectivity index (χ4n) is 1.98. The topological polar surface area (TPSA) is 41.6 Å². The van der Waals surface area contributed by atoms with E-state index in [-0.39, 0.29) is 5.91 Å². The van der Waals surface area contributed by atoms with Crippen molar-refractivity contribution >= 4 is 11.6 Å². The Morgan fingerprint density at radius 1 is 1.53 bits per heavy atom. The molecule has 0 radical (unpaired) electrons. The summed E-state index contributed by atoms with van der Waals surface area (Å²) in [6, 6.07) is 5.64. The van der Waals surface area contributed by atoms with Crippen molar-refractivity contribution in [3.05, 3.63) is 23.8 Å². The highest BCUT2D eigenvalue weighted by atomic mass is 16.5. The number of carbonyl (C=O) groups is 1. The SMILES string of the molecule is CCCN(C)C(=O)c1cccc2c1OCCN2. The number of anilines is 1. The summed E-state index contributed by atoms with van der Waals surface area (Å²) in [6.45, 7) is 4.21. The third-order valence-corrected chi connectivity index (χ3v) is 2.82. The number of rotatable bonds is 3. The second-order valence-electron chi connectivity index (χ2n) is 4.18. The molecule has 0 aromatic heterocycles. The zero-order chi connectivity index (χ0) is 12.3. The zero-order valence-corrected chi connectivity index (χ0v) is 10.3. The molecule has 17 heavy (non-hydrogen) atoms. The Morgan fingerprint density at radius 2 is 2.35 bits per heavy atom. The highest BCUT2D eigenvalue weighted by Gasteiger charge is 2.20. The third kappa shape index (κ3) is 2.35. The van der Waals surface area contributed by atoms with E-state index >= 15 is 0 Å². The predicted molar refractivity (Wildman–Crippen MR) is 67.7 cm³/mol. The van der Waals surface area contributed by atoms with Gasteiger partial charge in [0.05, 0.1) is 11.3 Å². The van der Waals surface area contributed by atoms with E-state index in [2.05, 4.69) is 12.2 Å². The third-order valence-electron chi connectivity index (χ3n) is 2.82. The molecule has 0 bridgehead atoms. The quantitative estimate of drug-likeness (QED) is 0.869. The summed E-state index contributed by atoms with van der Waals surface area (Å²) in [5, 5.41) is 3.23. The van der Waals surface area contributed by atoms with Crippen LogP contribution in [0.15, 0.2) is 18.2 Å². The molecular weight excluding hydrogens is 216 g/mol. The Labute approximate surface area is 102 Å². The molecule has 1 N–H and O–H groups in total. The minimum atomic E-state index is 0.0207. The zero-order valence-electron chi connectivity index (χ0n) is 10.3. The summed E-state index contributed by atoms with van der Waals surface area (Å²) in [6.07, 6.45) is 0.955. The lowest BCUT2D eigenvalue weighted by Crippen LogP contribution is -2.29. The molecule has 92 valence electrons. The van der Waals surface area contributed by atoms with Crippen LogP contribution in [0.25, 0.3) is 0 Å². The number of amides is 1. The largest absolute Gasteiger partial charge is 0.489 e. The molecule has 4 nitrogen and oxygen atoms in total. The highest BCUT2D eigenvalue weighted by molar-refractivity contribution is 5.98. The second-order valence-corrected chi connectivity index (χ2v) is 4.18. The van der Waals surface area contributed by atoms with Gasteiger partial charge in [0.2, 0.25) is 0 Å². The lowest BCUT2D eigenvalue weighted by Gasteiger charge is -2.23. The maximum atomic E-state index is 12.2. The van der Waals surface area contributed by atoms with Crippen molar-refractivity contribution in [2.24, 2.45) is 0 Å². The Balaban J connectivity index is 2.29. The van der Waals surface area contributed by atoms with Gasteiger partial charge in [-0.15, -0.1) is 0 Å². The van der Waals surface area contributed by atoms with E-state index in [0.29, 0.717) is 17.9 Å². The molecule has 1 aliphatic heterocycles. The summed E-state index contributed by atoms with van der Waals surface area (Å²) in [5.41, 5.74) is 1.55. The van der Waals surface area contributed by atoms with Gasteiger partial charge in [0.1, 0.15) is 6.61 Å². The molecule has 0 unspecified atom stereocenters. The van der Waals surface area contributed by atoms with Crippen LogP contribution in [0.5, 0.6) is 5.75 Å². The highest BCUT2D eigenvalue weighted by Crippen LogP contribution is 2.31. The first-order chi connectivity index (χ1) is 8.24. The maximum absolute atomic E-state index is 12.2. The minimum Gasteiger partial charge on any atom is -0.489 e. The molecule has 0 aliphatic carbocycles. The van der Waals surface area contributed by atoms with Gasteiger partial charge in [-0.25, -0.2) is 0 Å². The molecule has 1 aromatic carbocycles. The van der Waals surface area contributed by atoms with Crippen LogP contribution >= 0.6 is 0 Å². The summed E-state index contributed by atoms with van der Waals surface area (Å²) in [4.78, 5) is 14.0. The molecule has 4 heteroatoms. The van der Waals surface area contributed by atoms with Gasteiger partial charge in [0, 0.05) is 20.1 Å². The van der Waals surface area contributed by atoms with E-state index in [0.717, 1.165) is 25.2 Å². The van der Waals surface area contributed by atoms with Crippen LogP contribution in [0.1, 0.15) is 23.7 Å². The van der Waals surface area contributed by atoms with Crippen molar-refractivity contribution in [1.82, 2.24) is 4.90 Å². The molecule has 1 aliphatic rings. The molecule has 0 fully saturated rings. The molecule has 0 saturated carbocycles. The number of fused-ring (bicyclic) bond motifs is 1. The van der Waals surface area contributed by atoms with Gasteiger partial charge in [-0.3, -0.25) is 4.79 Å². The first-order valence-electron chi connectivity index (χ1n) is 5.99. The van der Waals surface area contributed by atoms with Crippen LogP contribution < -0.4 is 10.1 Å². The van der Waals surface area contributed by atoms with E-state index in [9.17, 15) is 4.79 Å². The van der Waals surface area contributed by atoms with E-state index in [4.69, 9.17) is 4.74 Å². The average Bonchev–Trinajstić information content (AvgIpc) is 2.37. The molecule has 0 spiro atoms. The van der Waals surface area contributed by atoms with E-state index in [1.165, 1.54) is 0 Å². The van der Waals surface area contributed by atoms with Gasteiger partial charge in [-0.05, 0) is 18.6 Å². The molecular formula is C13H18N2O2. The monoisotopic (exact) mass is 234 g/mol. The van der Waals surface area contributed by atoms with Gasteiger partial charge in [0.15, 0.2) is 5.75 Å². The number of nitrogens with zero attached hydrogens (tertiary/aromatic N) is 1. The van der Waals surface area contributed by atoms with Crippen molar-refractivity contribution in [2.45, 2.75) is 13.3 Å². The van der Waals surface area contributed by atoms with Crippen molar-refractivity contribution < 1.29 is 9.53 Å². The van der Waals surface area contributed by atoms with Crippen molar-refractivity contribution in [3.63, 3.8) is 0 Å². The first kappa shape index (κ1) is 11.8. The normalized spacial score (nSPS) is 13.3. The van der Waals surface area contributed by atoms with E-state index in [1.54, 1.807) is 4.90 Å². The molecule has 1 amide bonds. The summed E-state index contributed by atoms with van der Waals surface area (Å²) in [5.74, 6) is 0.708. The second kappa shape index (κ2) is 5.08. The molecule has 1 aromatic rings. The fraction of sp³-hybridized carbons (Fsp3) is 0.462. The Kier molecular flexibility index (Phi) is 3.52. The smallest absolute Gasteiger partial charge is 0.257 e. The van der Waals surface area contributed by atoms with Crippen LogP contribution in [-0.2, 0) is 0 Å². The van der Waals surface area contributed by atoms with Crippen LogP contribution in [0.4, 0.5) is 5.69 Å². The lowest BCUT2D eigenvalue weighted by molar-refractivity contribution is 0.0790. The van der Waals surface area contributed by atoms with E-state index in [1.807, 2.05) is 25.2 Å². The summed E-state index contributed by atoms with van der Waals surface area (Å²) < 4.78 is 5.59. The van der Waals surface area contributed by atoms with Crippen molar-refractivity contribution in [2.75, 3.05) is 32.1 Å². The standard InChI is InChI=1S/C13H18N2O2/c1-3-8-15(2)13(16)10-5-4-6-11-12(10)17-9-7-14-11/h4-6,14H,3,7-9H2,1-2H3. The number of hydrogen-bond donors (Lipinski definition) is 1. The summed E-state index contributed by atoms with van der Waals surface area (Å²) >= 11 is 0. The van der Waals surface area contributed by atoms with Crippen LogP contribution in [-0.4, -0.2) is 37.6 Å². The van der Waals surface area contributed by atoms with Gasteiger partial charge in [0.25, 0.3) is 5.91 Å². The van der Waals surface area contributed by atoms with Gasteiger partial charge in [-0.2, -0.15) is 0 Å². The number of hydrogen-bond acceptors (Lipinski definition) is 3. The number of carbonyl (C=O) groups excluding carboxylic acids is 1. The maximum Gasteiger partial charge on any atom is 0.257 e.